The number of halogens is 6. The summed E-state index contributed by atoms with van der Waals surface area (Å²) in [4.78, 5) is 15.6. The van der Waals surface area contributed by atoms with Crippen molar-refractivity contribution in [2.24, 2.45) is 0 Å². The Morgan fingerprint density at radius 1 is 1.14 bits per heavy atom. The number of benzene rings is 2. The van der Waals surface area contributed by atoms with Gasteiger partial charge in [0.05, 0.1) is 21.3 Å². The first kappa shape index (κ1) is 26.9. The Hall–Kier alpha value is -2.73. The minimum atomic E-state index is -4.58. The lowest BCUT2D eigenvalue weighted by molar-refractivity contribution is -0.141. The highest BCUT2D eigenvalue weighted by Gasteiger charge is 2.32. The Labute approximate surface area is 210 Å². The molecule has 1 heterocycles. The molecule has 186 valence electrons. The standard InChI is InChI=1S/C22H17Cl2F4N3O3S/c23-17-3-1-2-14(20(17)24)8-9-31(35(33)34)15-5-6-16(18(25)10-15)21(32)30-12-13-4-7-19(29-11-13)22(26,27)28/h1-7,10-11H,8-9,12H2,(H,30,32)(H,33,34). The minimum Gasteiger partial charge on any atom is -0.348 e. The number of nitrogens with zero attached hydrogens (tertiary/aromatic N) is 2. The molecule has 0 fully saturated rings. The SMILES string of the molecule is O=C(NCc1ccc(C(F)(F)F)nc1)c1ccc(N(CCc2cccc(Cl)c2Cl)S(=O)O)cc1F. The second-order valence-corrected chi connectivity index (χ2v) is 8.88. The number of carbonyl (C=O) groups excluding carboxylic acids is 1. The molecule has 0 bridgehead atoms. The van der Waals surface area contributed by atoms with Gasteiger partial charge in [-0.15, -0.1) is 0 Å². The first-order chi connectivity index (χ1) is 16.5. The number of alkyl halides is 3. The van der Waals surface area contributed by atoms with Gasteiger partial charge in [-0.3, -0.25) is 18.6 Å². The summed E-state index contributed by atoms with van der Waals surface area (Å²) in [5, 5.41) is 3.03. The van der Waals surface area contributed by atoms with Crippen LogP contribution in [0.5, 0.6) is 0 Å². The average Bonchev–Trinajstić information content (AvgIpc) is 2.80. The number of nitrogens with one attached hydrogen (secondary N) is 1. The first-order valence-electron chi connectivity index (χ1n) is 9.88. The monoisotopic (exact) mass is 549 g/mol. The number of pyridine rings is 1. The van der Waals surface area contributed by atoms with E-state index >= 15 is 0 Å². The lowest BCUT2D eigenvalue weighted by atomic mass is 10.1. The van der Waals surface area contributed by atoms with Crippen LogP contribution in [0.4, 0.5) is 23.2 Å². The summed E-state index contributed by atoms with van der Waals surface area (Å²) in [5.74, 6) is -1.78. The molecule has 3 aromatic rings. The molecule has 3 rings (SSSR count). The van der Waals surface area contributed by atoms with Crippen molar-refractivity contribution in [3.63, 3.8) is 0 Å². The Morgan fingerprint density at radius 2 is 1.89 bits per heavy atom. The fourth-order valence-electron chi connectivity index (χ4n) is 3.08. The number of aromatic nitrogens is 1. The predicted molar refractivity (Wildman–Crippen MR) is 125 cm³/mol. The Balaban J connectivity index is 1.68. The summed E-state index contributed by atoms with van der Waals surface area (Å²) in [5.41, 5.74) is -0.466. The summed E-state index contributed by atoms with van der Waals surface area (Å²) in [6, 6.07) is 10.3. The van der Waals surface area contributed by atoms with Crippen molar-refractivity contribution in [1.82, 2.24) is 10.3 Å². The summed E-state index contributed by atoms with van der Waals surface area (Å²) in [6.45, 7) is -0.187. The minimum absolute atomic E-state index is 0.00488. The van der Waals surface area contributed by atoms with Gasteiger partial charge < -0.3 is 5.32 Å². The molecule has 0 radical (unpaired) electrons. The highest BCUT2D eigenvalue weighted by Crippen LogP contribution is 2.28. The molecule has 1 aromatic heterocycles. The molecule has 1 unspecified atom stereocenters. The molecule has 1 amide bonds. The maximum Gasteiger partial charge on any atom is 0.433 e. The third kappa shape index (κ3) is 6.91. The van der Waals surface area contributed by atoms with Crippen LogP contribution in [0.1, 0.15) is 27.2 Å². The van der Waals surface area contributed by atoms with Gasteiger partial charge in [-0.1, -0.05) is 41.4 Å². The number of hydrogen-bond acceptors (Lipinski definition) is 3. The van der Waals surface area contributed by atoms with E-state index in [2.05, 4.69) is 10.3 Å². The molecule has 2 N–H and O–H groups in total. The molecular weight excluding hydrogens is 533 g/mol. The van der Waals surface area contributed by atoms with Crippen LogP contribution in [0.2, 0.25) is 10.0 Å². The van der Waals surface area contributed by atoms with Crippen molar-refractivity contribution >= 4 is 46.1 Å². The molecule has 0 spiro atoms. The fourth-order valence-corrected chi connectivity index (χ4v) is 4.03. The van der Waals surface area contributed by atoms with Crippen LogP contribution in [0.15, 0.2) is 54.7 Å². The largest absolute Gasteiger partial charge is 0.433 e. The molecule has 0 aliphatic rings. The van der Waals surface area contributed by atoms with Gasteiger partial charge in [-0.05, 0) is 47.9 Å². The second kappa shape index (κ2) is 11.3. The fraction of sp³-hybridized carbons (Fsp3) is 0.182. The number of rotatable bonds is 8. The second-order valence-electron chi connectivity index (χ2n) is 7.19. The average molecular weight is 550 g/mol. The van der Waals surface area contributed by atoms with Gasteiger partial charge in [-0.25, -0.2) is 8.60 Å². The molecule has 0 aliphatic heterocycles. The molecule has 6 nitrogen and oxygen atoms in total. The molecule has 1 atom stereocenters. The third-order valence-electron chi connectivity index (χ3n) is 4.86. The molecule has 35 heavy (non-hydrogen) atoms. The quantitative estimate of drug-likeness (QED) is 0.280. The normalized spacial score (nSPS) is 12.3. The van der Waals surface area contributed by atoms with Crippen molar-refractivity contribution in [1.29, 1.82) is 0 Å². The highest BCUT2D eigenvalue weighted by molar-refractivity contribution is 7.80. The van der Waals surface area contributed by atoms with Gasteiger partial charge in [-0.2, -0.15) is 13.2 Å². The van der Waals surface area contributed by atoms with E-state index in [4.69, 9.17) is 23.2 Å². The van der Waals surface area contributed by atoms with Gasteiger partial charge in [0.15, 0.2) is 0 Å². The maximum atomic E-state index is 14.7. The van der Waals surface area contributed by atoms with E-state index in [1.807, 2.05) is 0 Å². The molecule has 0 saturated heterocycles. The van der Waals surface area contributed by atoms with Crippen LogP contribution in [0, 0.1) is 5.82 Å². The van der Waals surface area contributed by atoms with Crippen LogP contribution in [-0.4, -0.2) is 26.2 Å². The van der Waals surface area contributed by atoms with Crippen LogP contribution in [-0.2, 0) is 30.4 Å². The zero-order valence-electron chi connectivity index (χ0n) is 17.7. The summed E-state index contributed by atoms with van der Waals surface area (Å²) < 4.78 is 75.0. The van der Waals surface area contributed by atoms with Crippen molar-refractivity contribution < 1.29 is 31.1 Å². The van der Waals surface area contributed by atoms with Crippen molar-refractivity contribution in [3.05, 3.63) is 93.0 Å². The predicted octanol–water partition coefficient (Wildman–Crippen LogP) is 5.66. The number of hydrogen-bond donors (Lipinski definition) is 2. The highest BCUT2D eigenvalue weighted by atomic mass is 35.5. The van der Waals surface area contributed by atoms with E-state index in [0.717, 1.165) is 34.8 Å². The summed E-state index contributed by atoms with van der Waals surface area (Å²) >= 11 is 9.61. The smallest absolute Gasteiger partial charge is 0.348 e. The lowest BCUT2D eigenvalue weighted by Gasteiger charge is -2.21. The topological polar surface area (TPSA) is 82.5 Å². The van der Waals surface area contributed by atoms with E-state index in [1.165, 1.54) is 6.07 Å². The Kier molecular flexibility index (Phi) is 8.70. The van der Waals surface area contributed by atoms with Gasteiger partial charge in [0, 0.05) is 19.3 Å². The zero-order chi connectivity index (χ0) is 25.8. The van der Waals surface area contributed by atoms with Crippen molar-refractivity contribution in [2.45, 2.75) is 19.1 Å². The summed E-state index contributed by atoms with van der Waals surface area (Å²) in [6.07, 6.45) is -3.39. The van der Waals surface area contributed by atoms with E-state index in [-0.39, 0.29) is 36.3 Å². The number of anilines is 1. The lowest BCUT2D eigenvalue weighted by Crippen LogP contribution is -2.28. The van der Waals surface area contributed by atoms with Crippen LogP contribution >= 0.6 is 23.2 Å². The van der Waals surface area contributed by atoms with Crippen molar-refractivity contribution in [3.8, 4) is 0 Å². The molecular formula is C22H17Cl2F4N3O3S. The van der Waals surface area contributed by atoms with Gasteiger partial charge in [0.1, 0.15) is 11.5 Å². The Morgan fingerprint density at radius 3 is 2.49 bits per heavy atom. The van der Waals surface area contributed by atoms with E-state index in [1.54, 1.807) is 18.2 Å². The van der Waals surface area contributed by atoms with Crippen LogP contribution in [0.25, 0.3) is 0 Å². The van der Waals surface area contributed by atoms with Gasteiger partial charge >= 0.3 is 6.18 Å². The van der Waals surface area contributed by atoms with Crippen molar-refractivity contribution in [2.75, 3.05) is 10.8 Å². The Bertz CT molecular complexity index is 1240. The number of amides is 1. The number of carbonyl (C=O) groups is 1. The summed E-state index contributed by atoms with van der Waals surface area (Å²) in [7, 11) is 0. The molecule has 2 aromatic carbocycles. The third-order valence-corrected chi connectivity index (χ3v) is 6.49. The van der Waals surface area contributed by atoms with E-state index < -0.39 is 34.9 Å². The van der Waals surface area contributed by atoms with E-state index in [0.29, 0.717) is 15.6 Å². The van der Waals surface area contributed by atoms with Gasteiger partial charge in [0.2, 0.25) is 0 Å². The maximum absolute atomic E-state index is 14.7. The van der Waals surface area contributed by atoms with E-state index in [9.17, 15) is 31.1 Å². The molecule has 0 aliphatic carbocycles. The van der Waals surface area contributed by atoms with Crippen LogP contribution in [0.3, 0.4) is 0 Å². The zero-order valence-corrected chi connectivity index (χ0v) is 20.0. The molecule has 0 saturated carbocycles. The molecule has 13 heteroatoms. The van der Waals surface area contributed by atoms with Crippen LogP contribution < -0.4 is 9.62 Å². The van der Waals surface area contributed by atoms with Gasteiger partial charge in [0.25, 0.3) is 17.2 Å². The first-order valence-corrected chi connectivity index (χ1v) is 11.7.